The Kier molecular flexibility index (Phi) is 7.81. The molecule has 0 unspecified atom stereocenters. The number of hydrogen-bond donors (Lipinski definition) is 3. The summed E-state index contributed by atoms with van der Waals surface area (Å²) in [6, 6.07) is 0.715. The molecule has 1 aromatic heterocycles. The number of aromatic amines is 1. The minimum absolute atomic E-state index is 0. The number of carbonyl (C=O) groups excluding carboxylic acids is 3. The number of thioether (sulfide) groups is 2. The maximum atomic E-state index is 12.8. The third-order valence-corrected chi connectivity index (χ3v) is 8.19. The Balaban J connectivity index is 0.00000289. The molecular weight excluding hydrogens is 505 g/mol. The topological polar surface area (TPSA) is 153 Å². The van der Waals surface area contributed by atoms with Gasteiger partial charge in [0.15, 0.2) is 5.16 Å². The molecule has 35 heavy (non-hydrogen) atoms. The second-order valence-electron chi connectivity index (χ2n) is 8.31. The first-order valence-electron chi connectivity index (χ1n) is 10.7. The van der Waals surface area contributed by atoms with Crippen LogP contribution in [0.1, 0.15) is 19.3 Å². The fraction of sp³-hybridized carbons (Fsp3) is 0.429. The number of H-pyrrole nitrogens is 1. The fourth-order valence-electron chi connectivity index (χ4n) is 4.24. The van der Waals surface area contributed by atoms with Crippen LogP contribution in [0.2, 0.25) is 0 Å². The van der Waals surface area contributed by atoms with E-state index in [-0.39, 0.29) is 57.6 Å². The number of carbonyl (C=O) groups is 4. The van der Waals surface area contributed by atoms with Crippen molar-refractivity contribution in [2.75, 3.05) is 18.1 Å². The van der Waals surface area contributed by atoms with Crippen molar-refractivity contribution < 1.29 is 24.3 Å². The molecule has 0 aromatic carbocycles. The zero-order valence-electron chi connectivity index (χ0n) is 18.9. The standard InChI is InChI=1S/C21H21N5O6S2.Na/c27-13-3-5-22-21(24-13)34-9-14(28)23-15-18(30)26-16(20(31)32)11(8-33-19(15)26)7-10-4-6-25(17(10)29)12-1-2-12;/h3,5,7,12,15,19H,1-2,4,6,8-9H2,(H,23,28)(H,31,32)(H,22,24,27);/t15-,19-;/m1./s1. The van der Waals surface area contributed by atoms with Gasteiger partial charge in [0.05, 0.1) is 5.75 Å². The number of amides is 3. The van der Waals surface area contributed by atoms with E-state index in [9.17, 15) is 29.1 Å². The Bertz CT molecular complexity index is 1210. The SMILES string of the molecule is O=C(CSc1nccc(=O)[nH]1)N[C@@H]1C(=O)N2C(C(=O)O)=C(C=C3CCN(C4CC4)C3=O)CS[C@H]12.[Na]. The number of carboxylic acid groups (broad SMARTS) is 1. The van der Waals surface area contributed by atoms with E-state index in [4.69, 9.17) is 0 Å². The van der Waals surface area contributed by atoms with Crippen LogP contribution in [-0.4, -0.2) is 114 Å². The van der Waals surface area contributed by atoms with Crippen molar-refractivity contribution in [1.82, 2.24) is 25.1 Å². The summed E-state index contributed by atoms with van der Waals surface area (Å²) in [5.41, 5.74) is 0.536. The van der Waals surface area contributed by atoms with Crippen molar-refractivity contribution >= 4 is 76.8 Å². The Morgan fingerprint density at radius 2 is 2.09 bits per heavy atom. The van der Waals surface area contributed by atoms with Gasteiger partial charge in [0.1, 0.15) is 17.1 Å². The van der Waals surface area contributed by atoms with E-state index < -0.39 is 29.2 Å². The smallest absolute Gasteiger partial charge is 0.352 e. The molecule has 14 heteroatoms. The summed E-state index contributed by atoms with van der Waals surface area (Å²) >= 11 is 2.37. The van der Waals surface area contributed by atoms with E-state index in [1.165, 1.54) is 28.9 Å². The normalized spacial score (nSPS) is 24.7. The van der Waals surface area contributed by atoms with E-state index >= 15 is 0 Å². The number of hydrogen-bond acceptors (Lipinski definition) is 8. The maximum Gasteiger partial charge on any atom is 0.352 e. The Morgan fingerprint density at radius 3 is 2.77 bits per heavy atom. The van der Waals surface area contributed by atoms with E-state index in [2.05, 4.69) is 15.3 Å². The van der Waals surface area contributed by atoms with Crippen LogP contribution in [0, 0.1) is 0 Å². The van der Waals surface area contributed by atoms with Gasteiger partial charge >= 0.3 is 5.97 Å². The number of rotatable bonds is 7. The first-order valence-corrected chi connectivity index (χ1v) is 12.8. The summed E-state index contributed by atoms with van der Waals surface area (Å²) in [5, 5.41) is 12.2. The second-order valence-corrected chi connectivity index (χ2v) is 10.4. The largest absolute Gasteiger partial charge is 0.477 e. The molecule has 3 fully saturated rings. The Labute approximate surface area is 230 Å². The molecule has 2 atom stereocenters. The second kappa shape index (κ2) is 10.5. The van der Waals surface area contributed by atoms with Gasteiger partial charge in [-0.3, -0.25) is 24.1 Å². The molecule has 5 rings (SSSR count). The molecule has 179 valence electrons. The predicted octanol–water partition coefficient (Wildman–Crippen LogP) is -0.459. The van der Waals surface area contributed by atoms with Gasteiger partial charge in [-0.05, 0) is 30.9 Å². The predicted molar refractivity (Wildman–Crippen MR) is 128 cm³/mol. The van der Waals surface area contributed by atoms with Gasteiger partial charge in [0, 0.05) is 65.7 Å². The molecule has 3 amide bonds. The number of nitrogens with one attached hydrogen (secondary N) is 2. The zero-order valence-corrected chi connectivity index (χ0v) is 22.5. The summed E-state index contributed by atoms with van der Waals surface area (Å²) in [4.78, 5) is 70.6. The minimum atomic E-state index is -1.24. The maximum absolute atomic E-state index is 12.8. The summed E-state index contributed by atoms with van der Waals surface area (Å²) in [6.07, 6.45) is 5.54. The van der Waals surface area contributed by atoms with Crippen molar-refractivity contribution in [3.63, 3.8) is 0 Å². The van der Waals surface area contributed by atoms with Crippen LogP contribution in [0.4, 0.5) is 0 Å². The van der Waals surface area contributed by atoms with Gasteiger partial charge in [0.25, 0.3) is 11.5 Å². The molecule has 1 saturated carbocycles. The van der Waals surface area contributed by atoms with E-state index in [1.54, 1.807) is 6.08 Å². The molecule has 4 aliphatic rings. The van der Waals surface area contributed by atoms with Gasteiger partial charge in [-0.1, -0.05) is 11.8 Å². The van der Waals surface area contributed by atoms with Gasteiger partial charge < -0.3 is 20.3 Å². The van der Waals surface area contributed by atoms with Crippen LogP contribution >= 0.6 is 23.5 Å². The molecular formula is C21H21N5NaO6S2. The van der Waals surface area contributed by atoms with E-state index in [0.717, 1.165) is 24.6 Å². The van der Waals surface area contributed by atoms with Crippen molar-refractivity contribution in [2.45, 2.75) is 41.9 Å². The molecule has 11 nitrogen and oxygen atoms in total. The number of likely N-dealkylation sites (tertiary alicyclic amines) is 1. The van der Waals surface area contributed by atoms with Crippen molar-refractivity contribution in [3.8, 4) is 0 Å². The first kappa shape index (κ1) is 26.0. The van der Waals surface area contributed by atoms with Gasteiger partial charge in [0.2, 0.25) is 11.8 Å². The van der Waals surface area contributed by atoms with E-state index in [0.29, 0.717) is 35.9 Å². The van der Waals surface area contributed by atoms with Crippen LogP contribution in [-0.2, 0) is 19.2 Å². The molecule has 4 heterocycles. The van der Waals surface area contributed by atoms with Crippen molar-refractivity contribution in [2.24, 2.45) is 0 Å². The molecule has 2 saturated heterocycles. The van der Waals surface area contributed by atoms with Crippen LogP contribution in [0.3, 0.4) is 0 Å². The number of aromatic nitrogens is 2. The molecule has 1 aromatic rings. The van der Waals surface area contributed by atoms with Gasteiger partial charge in [-0.15, -0.1) is 11.8 Å². The fourth-order valence-corrected chi connectivity index (χ4v) is 6.21. The molecule has 0 bridgehead atoms. The molecule has 3 N–H and O–H groups in total. The Morgan fingerprint density at radius 1 is 1.31 bits per heavy atom. The molecule has 1 radical (unpaired) electrons. The summed E-state index contributed by atoms with van der Waals surface area (Å²) in [7, 11) is 0. The van der Waals surface area contributed by atoms with Crippen LogP contribution in [0.25, 0.3) is 0 Å². The summed E-state index contributed by atoms with van der Waals surface area (Å²) in [5.74, 6) is -1.99. The third-order valence-electron chi connectivity index (χ3n) is 6.00. The number of carboxylic acids is 1. The third kappa shape index (κ3) is 5.24. The van der Waals surface area contributed by atoms with Crippen LogP contribution in [0.15, 0.2) is 45.1 Å². The Hall–Kier alpha value is -2.06. The average Bonchev–Trinajstić information content (AvgIpc) is 3.59. The van der Waals surface area contributed by atoms with Crippen LogP contribution < -0.4 is 10.9 Å². The average molecular weight is 527 g/mol. The van der Waals surface area contributed by atoms with Crippen molar-refractivity contribution in [3.05, 3.63) is 45.5 Å². The molecule has 1 aliphatic carbocycles. The number of nitrogens with zero attached hydrogens (tertiary/aromatic N) is 3. The summed E-state index contributed by atoms with van der Waals surface area (Å²) in [6.45, 7) is 0.641. The van der Waals surface area contributed by atoms with E-state index in [1.807, 2.05) is 4.90 Å². The first-order chi connectivity index (χ1) is 16.3. The van der Waals surface area contributed by atoms with Gasteiger partial charge in [-0.2, -0.15) is 0 Å². The number of β-lactam (4-membered cyclic amide) rings is 1. The monoisotopic (exact) mass is 526 g/mol. The van der Waals surface area contributed by atoms with Gasteiger partial charge in [-0.25, -0.2) is 9.78 Å². The number of allylic oxidation sites excluding steroid dienone is 1. The number of fused-ring (bicyclic) bond motifs is 1. The minimum Gasteiger partial charge on any atom is -0.477 e. The quantitative estimate of drug-likeness (QED) is 0.141. The van der Waals surface area contributed by atoms with Crippen LogP contribution in [0.5, 0.6) is 0 Å². The zero-order chi connectivity index (χ0) is 24.0. The number of aliphatic carboxylic acids is 1. The molecule has 3 aliphatic heterocycles. The van der Waals surface area contributed by atoms with Crippen molar-refractivity contribution in [1.29, 1.82) is 0 Å². The molecule has 0 spiro atoms. The summed E-state index contributed by atoms with van der Waals surface area (Å²) < 4.78 is 0.